The van der Waals surface area contributed by atoms with Crippen LogP contribution in [0, 0.1) is 5.92 Å². The molecule has 42 heavy (non-hydrogen) atoms. The number of rotatable bonds is 10. The van der Waals surface area contributed by atoms with Crippen LogP contribution in [-0.2, 0) is 25.6 Å². The molecule has 9 heteroatoms. The number of nitrogens with one attached hydrogen (secondary N) is 1. The van der Waals surface area contributed by atoms with E-state index in [1.807, 2.05) is 30.3 Å². The van der Waals surface area contributed by atoms with Crippen molar-refractivity contribution in [3.05, 3.63) is 71.8 Å². The number of carbonyl (C=O) groups is 4. The van der Waals surface area contributed by atoms with Gasteiger partial charge in [-0.25, -0.2) is 0 Å². The molecular formula is C33H39F2N3O4. The molecule has 5 atom stereocenters. The third-order valence-corrected chi connectivity index (χ3v) is 9.19. The van der Waals surface area contributed by atoms with Gasteiger partial charge in [0.2, 0.25) is 17.6 Å². The second kappa shape index (κ2) is 12.7. The molecule has 0 aromatic heterocycles. The summed E-state index contributed by atoms with van der Waals surface area (Å²) in [5, 5.41) is 2.25. The van der Waals surface area contributed by atoms with Gasteiger partial charge < -0.3 is 15.1 Å². The van der Waals surface area contributed by atoms with Crippen LogP contribution in [0.1, 0.15) is 75.5 Å². The van der Waals surface area contributed by atoms with Gasteiger partial charge >= 0.3 is 5.92 Å². The predicted molar refractivity (Wildman–Crippen MR) is 153 cm³/mol. The van der Waals surface area contributed by atoms with Crippen molar-refractivity contribution in [1.82, 2.24) is 15.1 Å². The van der Waals surface area contributed by atoms with Crippen molar-refractivity contribution in [3.8, 4) is 0 Å². The maximum absolute atomic E-state index is 15.3. The first-order valence-corrected chi connectivity index (χ1v) is 15.1. The minimum absolute atomic E-state index is 0.0355. The molecule has 0 radical (unpaired) electrons. The lowest BCUT2D eigenvalue weighted by molar-refractivity contribution is -0.164. The molecule has 0 unspecified atom stereocenters. The summed E-state index contributed by atoms with van der Waals surface area (Å²) < 4.78 is 30.5. The van der Waals surface area contributed by atoms with E-state index in [0.717, 1.165) is 31.2 Å². The highest BCUT2D eigenvalue weighted by Gasteiger charge is 2.55. The molecule has 7 nitrogen and oxygen atoms in total. The number of alkyl halides is 2. The number of fused-ring (bicyclic) bond motifs is 1. The summed E-state index contributed by atoms with van der Waals surface area (Å²) in [5.74, 6) is -7.89. The van der Waals surface area contributed by atoms with E-state index in [1.165, 1.54) is 4.90 Å². The Hall–Kier alpha value is -3.62. The van der Waals surface area contributed by atoms with E-state index in [-0.39, 0.29) is 30.8 Å². The fraction of sp³-hybridized carbons (Fsp3) is 0.515. The van der Waals surface area contributed by atoms with Crippen molar-refractivity contribution < 1.29 is 28.0 Å². The van der Waals surface area contributed by atoms with Crippen molar-refractivity contribution in [2.24, 2.45) is 5.92 Å². The summed E-state index contributed by atoms with van der Waals surface area (Å²) in [4.78, 5) is 56.1. The number of nitrogens with zero attached hydrogens (tertiary/aromatic N) is 2. The number of Topliss-reactive ketones (excluding diaryl/α,β-unsaturated/α-hetero) is 1. The topological polar surface area (TPSA) is 86.8 Å². The van der Waals surface area contributed by atoms with Gasteiger partial charge in [0.25, 0.3) is 5.91 Å². The lowest BCUT2D eigenvalue weighted by Crippen LogP contribution is -2.57. The minimum Gasteiger partial charge on any atom is -0.344 e. The lowest BCUT2D eigenvalue weighted by atomic mass is 10.00. The van der Waals surface area contributed by atoms with Crippen LogP contribution in [0.4, 0.5) is 8.78 Å². The quantitative estimate of drug-likeness (QED) is 0.408. The molecule has 2 saturated heterocycles. The molecule has 224 valence electrons. The number of benzene rings is 2. The molecule has 1 N–H and O–H groups in total. The minimum atomic E-state index is -4.30. The zero-order valence-corrected chi connectivity index (χ0v) is 24.0. The Balaban J connectivity index is 1.26. The van der Waals surface area contributed by atoms with Crippen molar-refractivity contribution in [2.75, 3.05) is 6.54 Å². The van der Waals surface area contributed by atoms with Crippen LogP contribution in [-0.4, -0.2) is 63.9 Å². The number of amides is 3. The third-order valence-electron chi connectivity index (χ3n) is 9.19. The highest BCUT2D eigenvalue weighted by molar-refractivity contribution is 6.11. The molecule has 3 aliphatic rings. The van der Waals surface area contributed by atoms with E-state index >= 15 is 8.78 Å². The van der Waals surface area contributed by atoms with Gasteiger partial charge in [-0.05, 0) is 68.9 Å². The number of ketones is 1. The molecule has 1 saturated carbocycles. The van der Waals surface area contributed by atoms with E-state index in [9.17, 15) is 19.2 Å². The molecular weight excluding hydrogens is 540 g/mol. The Bertz CT molecular complexity index is 1290. The smallest absolute Gasteiger partial charge is 0.344 e. The fourth-order valence-corrected chi connectivity index (χ4v) is 7.01. The molecule has 2 aliphatic heterocycles. The van der Waals surface area contributed by atoms with Crippen LogP contribution in [0.2, 0.25) is 0 Å². The number of aryl methyl sites for hydroxylation is 1. The number of likely N-dealkylation sites (tertiary alicyclic amines) is 2. The average molecular weight is 580 g/mol. The van der Waals surface area contributed by atoms with Crippen molar-refractivity contribution >= 4 is 23.5 Å². The van der Waals surface area contributed by atoms with Gasteiger partial charge in [-0.1, -0.05) is 67.1 Å². The third kappa shape index (κ3) is 6.10. The summed E-state index contributed by atoms with van der Waals surface area (Å²) in [7, 11) is 0. The normalized spacial score (nSPS) is 24.4. The van der Waals surface area contributed by atoms with Crippen LogP contribution < -0.4 is 5.32 Å². The molecule has 2 aromatic rings. The summed E-state index contributed by atoms with van der Waals surface area (Å²) in [5.41, 5.74) is 1.77. The lowest BCUT2D eigenvalue weighted by Gasteiger charge is -2.34. The summed E-state index contributed by atoms with van der Waals surface area (Å²) in [6.45, 7) is 1.72. The fourth-order valence-electron chi connectivity index (χ4n) is 7.01. The molecule has 3 amide bonds. The second-order valence-electron chi connectivity index (χ2n) is 11.9. The Morgan fingerprint density at radius 1 is 0.929 bits per heavy atom. The first kappa shape index (κ1) is 29.9. The molecule has 5 rings (SSSR count). The molecule has 1 aliphatic carbocycles. The largest absolute Gasteiger partial charge is 0.383 e. The SMILES string of the molecule is C[C@@H](NC(=O)C(F)(F)C(=O)[C@@H]1CCCN1C(=O)[C@@H]1C[C@@H]2CCC[C@@H]2N1C(=O)CCCc1ccccc1)c1ccccc1. The predicted octanol–water partition coefficient (Wildman–Crippen LogP) is 4.85. The Labute approximate surface area is 245 Å². The van der Waals surface area contributed by atoms with E-state index in [2.05, 4.69) is 5.32 Å². The van der Waals surface area contributed by atoms with Gasteiger partial charge in [0, 0.05) is 19.0 Å². The van der Waals surface area contributed by atoms with Gasteiger partial charge in [-0.15, -0.1) is 0 Å². The Morgan fingerprint density at radius 2 is 1.62 bits per heavy atom. The van der Waals surface area contributed by atoms with Crippen LogP contribution in [0.5, 0.6) is 0 Å². The standard InChI is InChI=1S/C33H39F2N3O4/c1-22(24-14-6-3-7-15-24)36-32(42)33(34,35)30(40)27-18-10-20-37(27)31(41)28-21-25-16-9-17-26(25)38(28)29(39)19-8-13-23-11-4-2-5-12-23/h2-7,11-12,14-15,22,25-28H,8-10,13,16-21H2,1H3,(H,36,42)/t22-,25+,26+,27+,28+/m1/s1. The van der Waals surface area contributed by atoms with E-state index in [0.29, 0.717) is 31.2 Å². The van der Waals surface area contributed by atoms with Gasteiger partial charge in [0.15, 0.2) is 0 Å². The molecule has 3 fully saturated rings. The van der Waals surface area contributed by atoms with Gasteiger partial charge in [-0.2, -0.15) is 8.78 Å². The maximum atomic E-state index is 15.3. The maximum Gasteiger partial charge on any atom is 0.383 e. The van der Waals surface area contributed by atoms with Gasteiger partial charge in [0.05, 0.1) is 12.1 Å². The first-order valence-electron chi connectivity index (χ1n) is 15.1. The summed E-state index contributed by atoms with van der Waals surface area (Å²) >= 11 is 0. The van der Waals surface area contributed by atoms with Gasteiger partial charge in [-0.3, -0.25) is 19.2 Å². The zero-order chi connectivity index (χ0) is 29.9. The van der Waals surface area contributed by atoms with Crippen LogP contribution >= 0.6 is 0 Å². The van der Waals surface area contributed by atoms with Crippen molar-refractivity contribution in [2.45, 2.75) is 94.8 Å². The molecule has 2 heterocycles. The number of carbonyl (C=O) groups excluding carboxylic acids is 4. The highest BCUT2D eigenvalue weighted by Crippen LogP contribution is 2.43. The monoisotopic (exact) mass is 579 g/mol. The Morgan fingerprint density at radius 3 is 2.33 bits per heavy atom. The number of hydrogen-bond donors (Lipinski definition) is 1. The summed E-state index contributed by atoms with van der Waals surface area (Å²) in [6.07, 6.45) is 5.33. The van der Waals surface area contributed by atoms with Crippen molar-refractivity contribution in [3.63, 3.8) is 0 Å². The number of hydrogen-bond acceptors (Lipinski definition) is 4. The molecule has 0 bridgehead atoms. The highest BCUT2D eigenvalue weighted by atomic mass is 19.3. The van der Waals surface area contributed by atoms with E-state index < -0.39 is 41.6 Å². The Kier molecular flexibility index (Phi) is 9.04. The number of halogens is 2. The van der Waals surface area contributed by atoms with E-state index in [1.54, 1.807) is 42.2 Å². The summed E-state index contributed by atoms with van der Waals surface area (Å²) in [6, 6.07) is 15.6. The zero-order valence-electron chi connectivity index (χ0n) is 24.0. The average Bonchev–Trinajstić information content (AvgIpc) is 3.74. The van der Waals surface area contributed by atoms with Gasteiger partial charge in [0.1, 0.15) is 6.04 Å². The van der Waals surface area contributed by atoms with Crippen LogP contribution in [0.15, 0.2) is 60.7 Å². The van der Waals surface area contributed by atoms with Crippen LogP contribution in [0.25, 0.3) is 0 Å². The molecule has 2 aromatic carbocycles. The molecule has 0 spiro atoms. The first-order chi connectivity index (χ1) is 20.2. The van der Waals surface area contributed by atoms with Crippen LogP contribution in [0.3, 0.4) is 0 Å². The second-order valence-corrected chi connectivity index (χ2v) is 11.9. The van der Waals surface area contributed by atoms with Crippen molar-refractivity contribution in [1.29, 1.82) is 0 Å². The van der Waals surface area contributed by atoms with E-state index in [4.69, 9.17) is 0 Å².